The van der Waals surface area contributed by atoms with Gasteiger partial charge in [0, 0.05) is 30.5 Å². The Morgan fingerprint density at radius 3 is 2.69 bits per heavy atom. The molecule has 1 atom stereocenters. The van der Waals surface area contributed by atoms with E-state index in [0.29, 0.717) is 10.8 Å². The number of amides is 2. The first kappa shape index (κ1) is 29.4. The van der Waals surface area contributed by atoms with E-state index in [4.69, 9.17) is 19.9 Å². The molecule has 4 heterocycles. The molecule has 2 aliphatic heterocycles. The van der Waals surface area contributed by atoms with E-state index >= 15 is 0 Å². The number of imidazole rings is 1. The number of oxime groups is 1. The van der Waals surface area contributed by atoms with Crippen molar-refractivity contribution in [1.82, 2.24) is 30.6 Å². The van der Waals surface area contributed by atoms with E-state index in [0.717, 1.165) is 53.6 Å². The van der Waals surface area contributed by atoms with Gasteiger partial charge < -0.3 is 30.9 Å². The van der Waals surface area contributed by atoms with Crippen molar-refractivity contribution in [3.63, 3.8) is 0 Å². The summed E-state index contributed by atoms with van der Waals surface area (Å²) in [5.41, 5.74) is 7.34. The number of thiazole rings is 1. The van der Waals surface area contributed by atoms with Gasteiger partial charge in [0.05, 0.1) is 16.9 Å². The van der Waals surface area contributed by atoms with E-state index in [-0.39, 0.29) is 29.8 Å². The molecule has 42 heavy (non-hydrogen) atoms. The van der Waals surface area contributed by atoms with Gasteiger partial charge in [-0.3, -0.25) is 14.1 Å². The second-order valence-electron chi connectivity index (χ2n) is 9.85. The summed E-state index contributed by atoms with van der Waals surface area (Å²) in [4.78, 5) is 42.9. The summed E-state index contributed by atoms with van der Waals surface area (Å²) in [6.45, 7) is 4.62. The second kappa shape index (κ2) is 11.6. The zero-order valence-electron chi connectivity index (χ0n) is 22.5. The Morgan fingerprint density at radius 1 is 1.29 bits per heavy atom. The molecule has 0 saturated carbocycles. The fourth-order valence-corrected chi connectivity index (χ4v) is 5.39. The van der Waals surface area contributed by atoms with Crippen molar-refractivity contribution in [2.75, 3.05) is 25.5 Å². The smallest absolute Gasteiger partial charge is 0.418 e. The summed E-state index contributed by atoms with van der Waals surface area (Å²) in [6.07, 6.45) is 0.885. The highest BCUT2D eigenvalue weighted by Gasteiger charge is 2.58. The minimum Gasteiger partial charge on any atom is -0.490 e. The van der Waals surface area contributed by atoms with Crippen LogP contribution in [-0.2, 0) is 42.1 Å². The molecule has 0 radical (unpaired) electrons. The Bertz CT molecular complexity index is 1590. The average Bonchev–Trinajstić information content (AvgIpc) is 3.58. The fourth-order valence-electron chi connectivity index (χ4n) is 4.39. The van der Waals surface area contributed by atoms with Crippen LogP contribution in [0.4, 0.5) is 5.13 Å². The summed E-state index contributed by atoms with van der Waals surface area (Å²) in [5.74, 6) is -0.332. The molecule has 18 heteroatoms. The van der Waals surface area contributed by atoms with E-state index in [1.54, 1.807) is 0 Å². The molecule has 1 aromatic carbocycles. The Morgan fingerprint density at radius 2 is 2.05 bits per heavy atom. The molecular formula is C24H28N8O8S2. The average molecular weight is 621 g/mol. The monoisotopic (exact) mass is 620 g/mol. The van der Waals surface area contributed by atoms with Gasteiger partial charge in [0.2, 0.25) is 0 Å². The maximum Gasteiger partial charge on any atom is 0.418 e. The largest absolute Gasteiger partial charge is 0.490 e. The van der Waals surface area contributed by atoms with Gasteiger partial charge in [-0.1, -0.05) is 5.16 Å². The van der Waals surface area contributed by atoms with E-state index in [1.165, 1.54) is 19.2 Å². The molecule has 0 aliphatic carbocycles. The van der Waals surface area contributed by atoms with Gasteiger partial charge in [-0.2, -0.15) is 13.5 Å². The number of H-pyrrole nitrogens is 1. The fraction of sp³-hybridized carbons (Fsp3) is 0.375. The Kier molecular flexibility index (Phi) is 8.15. The predicted molar refractivity (Wildman–Crippen MR) is 149 cm³/mol. The quantitative estimate of drug-likeness (QED) is 0.0646. The van der Waals surface area contributed by atoms with Crippen LogP contribution in [0.2, 0.25) is 0 Å². The number of nitrogens with zero attached hydrogens (tertiary/aromatic N) is 4. The second-order valence-corrected chi connectivity index (χ2v) is 11.7. The molecule has 6 N–H and O–H groups in total. The number of hydroxylamine groups is 2. The lowest BCUT2D eigenvalue weighted by Gasteiger charge is -2.50. The molecule has 1 saturated heterocycles. The summed E-state index contributed by atoms with van der Waals surface area (Å²) in [5, 5.41) is 11.8. The van der Waals surface area contributed by atoms with Crippen molar-refractivity contribution in [1.29, 1.82) is 0 Å². The zero-order chi connectivity index (χ0) is 30.1. The number of carbonyl (C=O) groups excluding carboxylic acids is 2. The number of hydrogen-bond acceptors (Lipinski definition) is 13. The SMILES string of the molecule is CC1(C)C(NC(=O)/C(=N\OCCOc2ccc(-c3nc4c([nH]3)CNCC4)cc2)c2csc(N)n2)C(=O)N1OS(=O)(=O)O. The summed E-state index contributed by atoms with van der Waals surface area (Å²) >= 11 is 1.07. The van der Waals surface area contributed by atoms with Crippen LogP contribution in [0.25, 0.3) is 11.4 Å². The van der Waals surface area contributed by atoms with Crippen LogP contribution in [0, 0.1) is 0 Å². The summed E-state index contributed by atoms with van der Waals surface area (Å²) < 4.78 is 41.0. The van der Waals surface area contributed by atoms with Crippen LogP contribution in [0.3, 0.4) is 0 Å². The molecule has 1 fully saturated rings. The molecule has 5 rings (SSSR count). The topological polar surface area (TPSA) is 223 Å². The lowest BCUT2D eigenvalue weighted by Crippen LogP contribution is -2.76. The third-order valence-corrected chi connectivity index (χ3v) is 7.54. The summed E-state index contributed by atoms with van der Waals surface area (Å²) in [7, 11) is -4.94. The van der Waals surface area contributed by atoms with E-state index in [1.807, 2.05) is 24.3 Å². The van der Waals surface area contributed by atoms with Crippen LogP contribution in [0.15, 0.2) is 34.8 Å². The number of aromatic nitrogens is 3. The maximum atomic E-state index is 13.1. The van der Waals surface area contributed by atoms with Crippen molar-refractivity contribution in [2.45, 2.75) is 38.4 Å². The number of aromatic amines is 1. The van der Waals surface area contributed by atoms with E-state index in [2.05, 4.69) is 35.0 Å². The molecule has 224 valence electrons. The van der Waals surface area contributed by atoms with Gasteiger partial charge in [-0.15, -0.1) is 15.6 Å². The van der Waals surface area contributed by atoms with Crippen LogP contribution in [-0.4, -0.2) is 81.9 Å². The van der Waals surface area contributed by atoms with Crippen molar-refractivity contribution in [2.24, 2.45) is 5.16 Å². The summed E-state index contributed by atoms with van der Waals surface area (Å²) in [6, 6.07) is 6.21. The highest BCUT2D eigenvalue weighted by atomic mass is 32.3. The zero-order valence-corrected chi connectivity index (χ0v) is 24.1. The van der Waals surface area contributed by atoms with E-state index < -0.39 is 33.8 Å². The lowest BCUT2D eigenvalue weighted by atomic mass is 9.84. The number of benzene rings is 1. The first-order valence-electron chi connectivity index (χ1n) is 12.7. The van der Waals surface area contributed by atoms with Crippen LogP contribution in [0.5, 0.6) is 5.75 Å². The minimum atomic E-state index is -4.94. The Balaban J connectivity index is 1.17. The van der Waals surface area contributed by atoms with Crippen molar-refractivity contribution < 1.29 is 36.4 Å². The third kappa shape index (κ3) is 6.36. The molecule has 0 bridgehead atoms. The Hall–Kier alpha value is -4.10. The number of carbonyl (C=O) groups is 2. The van der Waals surface area contributed by atoms with Crippen LogP contribution < -0.4 is 21.1 Å². The van der Waals surface area contributed by atoms with Crippen LogP contribution >= 0.6 is 11.3 Å². The van der Waals surface area contributed by atoms with E-state index in [9.17, 15) is 18.0 Å². The number of ether oxygens (including phenoxy) is 1. The minimum absolute atomic E-state index is 0.0279. The molecule has 1 unspecified atom stereocenters. The number of β-lactam (4-membered cyclic amide) rings is 1. The highest BCUT2D eigenvalue weighted by Crippen LogP contribution is 2.33. The third-order valence-electron chi connectivity index (χ3n) is 6.53. The van der Waals surface area contributed by atoms with Gasteiger partial charge in [-0.25, -0.2) is 9.97 Å². The van der Waals surface area contributed by atoms with Gasteiger partial charge in [0.1, 0.15) is 29.9 Å². The highest BCUT2D eigenvalue weighted by molar-refractivity contribution is 7.80. The first-order chi connectivity index (χ1) is 19.9. The maximum absolute atomic E-state index is 13.1. The molecule has 0 spiro atoms. The number of rotatable bonds is 11. The van der Waals surface area contributed by atoms with Crippen molar-refractivity contribution >= 4 is 44.4 Å². The molecule has 3 aromatic rings. The van der Waals surface area contributed by atoms with Gasteiger partial charge in [0.25, 0.3) is 11.8 Å². The number of nitrogens with one attached hydrogen (secondary N) is 3. The van der Waals surface area contributed by atoms with Crippen molar-refractivity contribution in [3.8, 4) is 17.1 Å². The van der Waals surface area contributed by atoms with Gasteiger partial charge >= 0.3 is 10.4 Å². The normalized spacial score (nSPS) is 18.3. The number of fused-ring (bicyclic) bond motifs is 1. The molecule has 16 nitrogen and oxygen atoms in total. The molecule has 2 aromatic heterocycles. The van der Waals surface area contributed by atoms with Crippen LogP contribution in [0.1, 0.15) is 30.9 Å². The number of anilines is 1. The first-order valence-corrected chi connectivity index (χ1v) is 14.9. The molecular weight excluding hydrogens is 592 g/mol. The number of hydrogen-bond donors (Lipinski definition) is 5. The number of nitrogen functional groups attached to an aromatic ring is 1. The predicted octanol–water partition coefficient (Wildman–Crippen LogP) is 0.401. The lowest BCUT2D eigenvalue weighted by molar-refractivity contribution is -0.218. The molecule has 2 amide bonds. The van der Waals surface area contributed by atoms with Gasteiger partial charge in [-0.05, 0) is 38.1 Å². The standard InChI is InChI=1S/C24H28N8O8S2/c1-24(2)19(22(34)32(24)40-42(35,36)37)30-21(33)18(17-12-41-23(25)29-17)31-39-10-9-38-14-5-3-13(4-6-14)20-27-15-7-8-26-11-16(15)28-20/h3-6,12,19,26H,7-11H2,1-2H3,(H2,25,29)(H,27,28)(H,30,33)(H,35,36,37)/b31-18-. The van der Waals surface area contributed by atoms with Crippen molar-refractivity contribution in [3.05, 3.63) is 46.7 Å². The molecule has 2 aliphatic rings. The van der Waals surface area contributed by atoms with Gasteiger partial charge in [0.15, 0.2) is 17.5 Å². The number of nitrogens with two attached hydrogens (primary N) is 1. The Labute approximate surface area is 244 Å².